The molecular formula is C22H21FN2O3. The Kier molecular flexibility index (Phi) is 4.51. The molecule has 1 unspecified atom stereocenters. The van der Waals surface area contributed by atoms with E-state index in [0.29, 0.717) is 29.6 Å². The van der Waals surface area contributed by atoms with Crippen molar-refractivity contribution < 1.29 is 13.6 Å². The fourth-order valence-electron chi connectivity index (χ4n) is 3.69. The summed E-state index contributed by atoms with van der Waals surface area (Å²) in [4.78, 5) is 29.9. The summed E-state index contributed by atoms with van der Waals surface area (Å²) in [6, 6.07) is 10.7. The Morgan fingerprint density at radius 2 is 1.89 bits per heavy atom. The Balaban J connectivity index is 1.97. The molecule has 0 N–H and O–H groups in total. The Morgan fingerprint density at radius 3 is 2.61 bits per heavy atom. The first-order valence-electron chi connectivity index (χ1n) is 9.16. The van der Waals surface area contributed by atoms with Gasteiger partial charge in [0.1, 0.15) is 11.4 Å². The molecule has 0 fully saturated rings. The summed E-state index contributed by atoms with van der Waals surface area (Å²) in [7, 11) is 3.79. The monoisotopic (exact) mass is 380 g/mol. The quantitative estimate of drug-likeness (QED) is 0.697. The number of rotatable bonds is 4. The SMILES string of the molecule is Cc1ccc2oc3c(c(=O)c2c1)C(c1ccccc1F)N(CCN(C)C)C3=O. The van der Waals surface area contributed by atoms with Gasteiger partial charge < -0.3 is 14.2 Å². The van der Waals surface area contributed by atoms with Gasteiger partial charge in [0.2, 0.25) is 5.76 Å². The van der Waals surface area contributed by atoms with E-state index in [1.54, 1.807) is 30.3 Å². The maximum Gasteiger partial charge on any atom is 0.290 e. The van der Waals surface area contributed by atoms with Crippen LogP contribution < -0.4 is 5.43 Å². The van der Waals surface area contributed by atoms with Crippen LogP contribution in [0.25, 0.3) is 11.0 Å². The highest BCUT2D eigenvalue weighted by molar-refractivity contribution is 5.99. The zero-order chi connectivity index (χ0) is 20.0. The van der Waals surface area contributed by atoms with Crippen LogP contribution >= 0.6 is 0 Å². The molecule has 0 bridgehead atoms. The second-order valence-electron chi connectivity index (χ2n) is 7.40. The highest BCUT2D eigenvalue weighted by atomic mass is 19.1. The van der Waals surface area contributed by atoms with Crippen molar-refractivity contribution >= 4 is 16.9 Å². The number of carbonyl (C=O) groups is 1. The largest absolute Gasteiger partial charge is 0.450 e. The van der Waals surface area contributed by atoms with Crippen LogP contribution in [0.3, 0.4) is 0 Å². The van der Waals surface area contributed by atoms with Gasteiger partial charge >= 0.3 is 0 Å². The highest BCUT2D eigenvalue weighted by Crippen LogP contribution is 2.38. The summed E-state index contributed by atoms with van der Waals surface area (Å²) in [5.74, 6) is -0.829. The van der Waals surface area contributed by atoms with Gasteiger partial charge in [-0.1, -0.05) is 29.8 Å². The van der Waals surface area contributed by atoms with Gasteiger partial charge in [-0.25, -0.2) is 4.39 Å². The van der Waals surface area contributed by atoms with Gasteiger partial charge in [0.05, 0.1) is 17.0 Å². The van der Waals surface area contributed by atoms with E-state index >= 15 is 0 Å². The predicted molar refractivity (Wildman–Crippen MR) is 105 cm³/mol. The lowest BCUT2D eigenvalue weighted by atomic mass is 9.97. The average Bonchev–Trinajstić information content (AvgIpc) is 2.93. The summed E-state index contributed by atoms with van der Waals surface area (Å²) in [5.41, 5.74) is 1.51. The first-order chi connectivity index (χ1) is 13.4. The zero-order valence-corrected chi connectivity index (χ0v) is 16.0. The molecule has 1 aromatic heterocycles. The first kappa shape index (κ1) is 18.4. The lowest BCUT2D eigenvalue weighted by Gasteiger charge is -2.26. The molecule has 1 amide bonds. The number of benzene rings is 2. The van der Waals surface area contributed by atoms with E-state index in [2.05, 4.69) is 0 Å². The molecule has 0 saturated carbocycles. The first-order valence-corrected chi connectivity index (χ1v) is 9.16. The zero-order valence-electron chi connectivity index (χ0n) is 16.0. The second-order valence-corrected chi connectivity index (χ2v) is 7.40. The van der Waals surface area contributed by atoms with Crippen molar-refractivity contribution in [2.75, 3.05) is 27.2 Å². The fraction of sp³-hybridized carbons (Fsp3) is 0.273. The van der Waals surface area contributed by atoms with Crippen LogP contribution in [0, 0.1) is 12.7 Å². The number of hydrogen-bond donors (Lipinski definition) is 0. The van der Waals surface area contributed by atoms with Gasteiger partial charge in [0.15, 0.2) is 5.43 Å². The third kappa shape index (κ3) is 2.90. The number of likely N-dealkylation sites (N-methyl/N-ethyl adjacent to an activating group) is 1. The van der Waals surface area contributed by atoms with Crippen molar-refractivity contribution in [2.45, 2.75) is 13.0 Å². The number of fused-ring (bicyclic) bond motifs is 2. The van der Waals surface area contributed by atoms with E-state index in [9.17, 15) is 14.0 Å². The molecule has 2 aromatic carbocycles. The van der Waals surface area contributed by atoms with Gasteiger partial charge in [-0.05, 0) is 39.2 Å². The predicted octanol–water partition coefficient (Wildman–Crippen LogP) is 3.35. The number of aryl methyl sites for hydroxylation is 1. The minimum atomic E-state index is -0.801. The third-order valence-electron chi connectivity index (χ3n) is 5.11. The van der Waals surface area contributed by atoms with Gasteiger partial charge in [0, 0.05) is 18.7 Å². The van der Waals surface area contributed by atoms with Gasteiger partial charge in [0.25, 0.3) is 5.91 Å². The molecule has 0 radical (unpaired) electrons. The second kappa shape index (κ2) is 6.87. The van der Waals surface area contributed by atoms with Gasteiger partial charge in [-0.2, -0.15) is 0 Å². The molecule has 0 saturated heterocycles. The van der Waals surface area contributed by atoms with Gasteiger partial charge in [-0.15, -0.1) is 0 Å². The number of halogens is 1. The van der Waals surface area contributed by atoms with Crippen molar-refractivity contribution in [1.29, 1.82) is 0 Å². The summed E-state index contributed by atoms with van der Waals surface area (Å²) >= 11 is 0. The molecule has 1 aliphatic rings. The number of carbonyl (C=O) groups excluding carboxylic acids is 1. The van der Waals surface area contributed by atoms with Crippen LogP contribution in [0.1, 0.15) is 33.3 Å². The minimum absolute atomic E-state index is 0.00774. The molecule has 0 spiro atoms. The third-order valence-corrected chi connectivity index (χ3v) is 5.11. The van der Waals surface area contributed by atoms with E-state index < -0.39 is 11.9 Å². The van der Waals surface area contributed by atoms with Crippen LogP contribution in [-0.4, -0.2) is 42.9 Å². The Morgan fingerprint density at radius 1 is 1.14 bits per heavy atom. The van der Waals surface area contributed by atoms with Crippen molar-refractivity contribution in [2.24, 2.45) is 0 Å². The lowest BCUT2D eigenvalue weighted by molar-refractivity contribution is 0.0714. The summed E-state index contributed by atoms with van der Waals surface area (Å²) in [6.45, 7) is 2.82. The molecule has 0 aliphatic carbocycles. The van der Waals surface area contributed by atoms with Crippen molar-refractivity contribution in [3.8, 4) is 0 Å². The van der Waals surface area contributed by atoms with Crippen LogP contribution in [0.4, 0.5) is 4.39 Å². The van der Waals surface area contributed by atoms with Gasteiger partial charge in [-0.3, -0.25) is 9.59 Å². The van der Waals surface area contributed by atoms with Crippen molar-refractivity contribution in [3.05, 3.63) is 81.0 Å². The Bertz CT molecular complexity index is 1140. The van der Waals surface area contributed by atoms with Crippen LogP contribution in [0.2, 0.25) is 0 Å². The number of nitrogens with zero attached hydrogens (tertiary/aromatic N) is 2. The molecule has 5 nitrogen and oxygen atoms in total. The Hall–Kier alpha value is -2.99. The summed E-state index contributed by atoms with van der Waals surface area (Å²) in [6.07, 6.45) is 0. The average molecular weight is 380 g/mol. The van der Waals surface area contributed by atoms with Crippen molar-refractivity contribution in [1.82, 2.24) is 9.80 Å². The number of hydrogen-bond acceptors (Lipinski definition) is 4. The van der Waals surface area contributed by atoms with Crippen LogP contribution in [0.5, 0.6) is 0 Å². The normalized spacial score (nSPS) is 16.2. The summed E-state index contributed by atoms with van der Waals surface area (Å²) < 4.78 is 20.5. The maximum atomic E-state index is 14.7. The fourth-order valence-corrected chi connectivity index (χ4v) is 3.69. The topological polar surface area (TPSA) is 53.8 Å². The van der Waals surface area contributed by atoms with E-state index in [-0.39, 0.29) is 22.7 Å². The molecule has 6 heteroatoms. The molecule has 3 aromatic rings. The van der Waals surface area contributed by atoms with E-state index in [1.807, 2.05) is 32.0 Å². The standard InChI is InChI=1S/C22H21FN2O3/c1-13-8-9-17-15(12-13)20(26)18-19(14-6-4-5-7-16(14)23)25(11-10-24(2)3)22(27)21(18)28-17/h4-9,12,19H,10-11H2,1-3H3. The molecule has 144 valence electrons. The lowest BCUT2D eigenvalue weighted by Crippen LogP contribution is -2.35. The molecule has 4 rings (SSSR count). The maximum absolute atomic E-state index is 14.7. The van der Waals surface area contributed by atoms with Crippen LogP contribution in [0.15, 0.2) is 51.7 Å². The van der Waals surface area contributed by atoms with Crippen molar-refractivity contribution in [3.63, 3.8) is 0 Å². The molecule has 1 atom stereocenters. The Labute approximate surface area is 162 Å². The van der Waals surface area contributed by atoms with Crippen LogP contribution in [-0.2, 0) is 0 Å². The molecule has 28 heavy (non-hydrogen) atoms. The smallest absolute Gasteiger partial charge is 0.290 e. The summed E-state index contributed by atoms with van der Waals surface area (Å²) in [5, 5.41) is 0.405. The van der Waals surface area contributed by atoms with E-state index in [4.69, 9.17) is 4.42 Å². The minimum Gasteiger partial charge on any atom is -0.450 e. The highest BCUT2D eigenvalue weighted by Gasteiger charge is 2.43. The van der Waals surface area contributed by atoms with E-state index in [1.165, 1.54) is 11.0 Å². The van der Waals surface area contributed by atoms with E-state index in [0.717, 1.165) is 5.56 Å². The molecule has 2 heterocycles. The molecule has 1 aliphatic heterocycles. The number of amides is 1. The molecular weight excluding hydrogens is 359 g/mol.